The first-order chi connectivity index (χ1) is 11.8. The zero-order valence-corrected chi connectivity index (χ0v) is 14.8. The molecular formula is C18H26F3NO3. The highest BCUT2D eigenvalue weighted by Crippen LogP contribution is 2.37. The van der Waals surface area contributed by atoms with Gasteiger partial charge in [-0.25, -0.2) is 5.06 Å². The Balaban J connectivity index is 1.80. The van der Waals surface area contributed by atoms with Gasteiger partial charge in [-0.15, -0.1) is 0 Å². The fraction of sp³-hybridized carbons (Fsp3) is 0.722. The average molecular weight is 361 g/mol. The Morgan fingerprint density at radius 2 is 1.88 bits per heavy atom. The Bertz CT molecular complexity index is 546. The first kappa shape index (κ1) is 19.8. The van der Waals surface area contributed by atoms with Crippen molar-refractivity contribution in [2.45, 2.75) is 57.5 Å². The van der Waals surface area contributed by atoms with E-state index in [1.807, 2.05) is 0 Å². The van der Waals surface area contributed by atoms with Gasteiger partial charge in [-0.3, -0.25) is 9.63 Å². The second kappa shape index (κ2) is 8.74. The smallest absolute Gasteiger partial charge is 0.391 e. The molecule has 2 rings (SSSR count). The van der Waals surface area contributed by atoms with Gasteiger partial charge in [0.1, 0.15) is 5.76 Å². The van der Waals surface area contributed by atoms with Gasteiger partial charge >= 0.3 is 12.1 Å². The average Bonchev–Trinajstić information content (AvgIpc) is 3.00. The molecule has 0 aliphatic heterocycles. The maximum atomic E-state index is 12.8. The molecule has 1 fully saturated rings. The van der Waals surface area contributed by atoms with Crippen LogP contribution in [0.4, 0.5) is 13.2 Å². The van der Waals surface area contributed by atoms with Crippen LogP contribution < -0.4 is 0 Å². The van der Waals surface area contributed by atoms with Crippen LogP contribution in [0.3, 0.4) is 0 Å². The lowest BCUT2D eigenvalue weighted by molar-refractivity contribution is -0.179. The number of hydroxylamine groups is 2. The predicted octanol–water partition coefficient (Wildman–Crippen LogP) is 4.99. The van der Waals surface area contributed by atoms with Crippen molar-refractivity contribution in [2.75, 3.05) is 14.2 Å². The number of rotatable bonds is 5. The number of carbonyl (C=O) groups is 1. The van der Waals surface area contributed by atoms with E-state index in [0.29, 0.717) is 25.2 Å². The molecule has 0 bridgehead atoms. The van der Waals surface area contributed by atoms with Crippen molar-refractivity contribution in [3.05, 3.63) is 23.7 Å². The molecule has 142 valence electrons. The molecule has 1 aromatic rings. The minimum atomic E-state index is -4.06. The van der Waals surface area contributed by atoms with E-state index in [1.165, 1.54) is 14.2 Å². The summed E-state index contributed by atoms with van der Waals surface area (Å²) in [5.41, 5.74) is 0. The number of halogens is 3. The van der Waals surface area contributed by atoms with Crippen molar-refractivity contribution < 1.29 is 27.2 Å². The predicted molar refractivity (Wildman–Crippen MR) is 86.9 cm³/mol. The SMILES string of the molecule is CON(C)C(=O)c1ccc(CCC2CCCC(C(F)(F)F)CCC2)o1. The van der Waals surface area contributed by atoms with Gasteiger partial charge in [-0.05, 0) is 37.3 Å². The second-order valence-electron chi connectivity index (χ2n) is 6.76. The maximum Gasteiger partial charge on any atom is 0.391 e. The summed E-state index contributed by atoms with van der Waals surface area (Å²) < 4.78 is 44.0. The van der Waals surface area contributed by atoms with Crippen molar-refractivity contribution in [1.29, 1.82) is 0 Å². The highest BCUT2D eigenvalue weighted by molar-refractivity contribution is 5.90. The van der Waals surface area contributed by atoms with E-state index in [4.69, 9.17) is 9.25 Å². The number of hydrogen-bond donors (Lipinski definition) is 0. The third-order valence-corrected chi connectivity index (χ3v) is 5.02. The van der Waals surface area contributed by atoms with Gasteiger partial charge in [0.25, 0.3) is 0 Å². The summed E-state index contributed by atoms with van der Waals surface area (Å²) in [5, 5.41) is 1.09. The lowest BCUT2D eigenvalue weighted by Gasteiger charge is -2.26. The molecule has 1 aliphatic carbocycles. The molecule has 0 spiro atoms. The lowest BCUT2D eigenvalue weighted by Crippen LogP contribution is -2.24. The number of nitrogens with zero attached hydrogens (tertiary/aromatic N) is 1. The van der Waals surface area contributed by atoms with Crippen molar-refractivity contribution >= 4 is 5.91 Å². The van der Waals surface area contributed by atoms with Crippen LogP contribution in [0.1, 0.15) is 61.3 Å². The van der Waals surface area contributed by atoms with E-state index < -0.39 is 12.1 Å². The second-order valence-corrected chi connectivity index (χ2v) is 6.76. The summed E-state index contributed by atoms with van der Waals surface area (Å²) in [6, 6.07) is 3.40. The molecule has 0 N–H and O–H groups in total. The summed E-state index contributed by atoms with van der Waals surface area (Å²) in [6.45, 7) is 0. The van der Waals surface area contributed by atoms with E-state index in [1.54, 1.807) is 12.1 Å². The van der Waals surface area contributed by atoms with E-state index in [9.17, 15) is 18.0 Å². The van der Waals surface area contributed by atoms with Crippen LogP contribution in [0.15, 0.2) is 16.5 Å². The molecule has 1 amide bonds. The Labute approximate surface area is 146 Å². The van der Waals surface area contributed by atoms with Gasteiger partial charge in [-0.1, -0.05) is 25.7 Å². The summed E-state index contributed by atoms with van der Waals surface area (Å²) in [7, 11) is 2.91. The quantitative estimate of drug-likeness (QED) is 0.694. The van der Waals surface area contributed by atoms with Crippen LogP contribution in [-0.2, 0) is 11.3 Å². The molecule has 1 saturated carbocycles. The third-order valence-electron chi connectivity index (χ3n) is 5.02. The van der Waals surface area contributed by atoms with Crippen LogP contribution in [0.5, 0.6) is 0 Å². The van der Waals surface area contributed by atoms with Crippen LogP contribution in [-0.4, -0.2) is 31.3 Å². The van der Waals surface area contributed by atoms with Gasteiger partial charge in [0.2, 0.25) is 0 Å². The fourth-order valence-electron chi connectivity index (χ4n) is 3.42. The van der Waals surface area contributed by atoms with Crippen LogP contribution >= 0.6 is 0 Å². The fourth-order valence-corrected chi connectivity index (χ4v) is 3.42. The molecule has 0 radical (unpaired) electrons. The first-order valence-corrected chi connectivity index (χ1v) is 8.79. The van der Waals surface area contributed by atoms with E-state index in [0.717, 1.165) is 30.1 Å². The Morgan fingerprint density at radius 3 is 2.44 bits per heavy atom. The molecular weight excluding hydrogens is 335 g/mol. The number of furan rings is 1. The standard InChI is InChI=1S/C18H26F3NO3/c1-22(24-2)17(23)16-12-11-15(25-16)10-9-13-5-3-7-14(8-4-6-13)18(19,20)21/h11-14H,3-10H2,1-2H3. The molecule has 0 saturated heterocycles. The van der Waals surface area contributed by atoms with Crippen LogP contribution in [0.2, 0.25) is 0 Å². The molecule has 0 aromatic carbocycles. The summed E-state index contributed by atoms with van der Waals surface area (Å²) in [6.07, 6.45) is 0.877. The molecule has 0 unspecified atom stereocenters. The number of alkyl halides is 3. The van der Waals surface area contributed by atoms with Crippen molar-refractivity contribution in [3.63, 3.8) is 0 Å². The lowest BCUT2D eigenvalue weighted by atomic mass is 9.83. The zero-order valence-electron chi connectivity index (χ0n) is 14.8. The van der Waals surface area contributed by atoms with Crippen LogP contribution in [0.25, 0.3) is 0 Å². The topological polar surface area (TPSA) is 42.7 Å². The number of carbonyl (C=O) groups excluding carboxylic acids is 1. The molecule has 1 aromatic heterocycles. The Kier molecular flexibility index (Phi) is 6.93. The van der Waals surface area contributed by atoms with E-state index in [-0.39, 0.29) is 24.5 Å². The first-order valence-electron chi connectivity index (χ1n) is 8.79. The summed E-state index contributed by atoms with van der Waals surface area (Å²) in [4.78, 5) is 16.7. The Morgan fingerprint density at radius 1 is 1.24 bits per heavy atom. The molecule has 7 heteroatoms. The number of aryl methyl sites for hydroxylation is 1. The highest BCUT2D eigenvalue weighted by atomic mass is 19.4. The van der Waals surface area contributed by atoms with Crippen molar-refractivity contribution in [3.8, 4) is 0 Å². The minimum Gasteiger partial charge on any atom is -0.456 e. The molecule has 4 nitrogen and oxygen atoms in total. The summed E-state index contributed by atoms with van der Waals surface area (Å²) in [5.74, 6) is -0.115. The maximum absolute atomic E-state index is 12.8. The third kappa shape index (κ3) is 5.76. The highest BCUT2D eigenvalue weighted by Gasteiger charge is 2.39. The van der Waals surface area contributed by atoms with Gasteiger partial charge in [0.15, 0.2) is 5.76 Å². The summed E-state index contributed by atoms with van der Waals surface area (Å²) >= 11 is 0. The largest absolute Gasteiger partial charge is 0.456 e. The number of hydrogen-bond acceptors (Lipinski definition) is 3. The van der Waals surface area contributed by atoms with Gasteiger partial charge in [0.05, 0.1) is 13.0 Å². The van der Waals surface area contributed by atoms with E-state index in [2.05, 4.69) is 0 Å². The van der Waals surface area contributed by atoms with Gasteiger partial charge < -0.3 is 4.42 Å². The molecule has 25 heavy (non-hydrogen) atoms. The monoisotopic (exact) mass is 361 g/mol. The molecule has 1 aliphatic rings. The minimum absolute atomic E-state index is 0.227. The molecule has 1 heterocycles. The van der Waals surface area contributed by atoms with Gasteiger partial charge in [0, 0.05) is 13.5 Å². The van der Waals surface area contributed by atoms with E-state index >= 15 is 0 Å². The Hall–Kier alpha value is -1.50. The molecule has 0 atom stereocenters. The van der Waals surface area contributed by atoms with Crippen LogP contribution in [0, 0.1) is 11.8 Å². The zero-order chi connectivity index (χ0) is 18.4. The van der Waals surface area contributed by atoms with Crippen molar-refractivity contribution in [1.82, 2.24) is 5.06 Å². The van der Waals surface area contributed by atoms with Gasteiger partial charge in [-0.2, -0.15) is 13.2 Å². The normalized spacial score (nSPS) is 22.3. The number of amides is 1. The van der Waals surface area contributed by atoms with Crippen molar-refractivity contribution in [2.24, 2.45) is 11.8 Å².